The molecule has 0 radical (unpaired) electrons. The average molecular weight is 302 g/mol. The first kappa shape index (κ1) is 14.1. The topological polar surface area (TPSA) is 62.2 Å². The van der Waals surface area contributed by atoms with Crippen LogP contribution in [0, 0.1) is 20.8 Å². The zero-order valence-corrected chi connectivity index (χ0v) is 13.2. The van der Waals surface area contributed by atoms with Gasteiger partial charge >= 0.3 is 5.97 Å². The quantitative estimate of drug-likeness (QED) is 0.902. The summed E-state index contributed by atoms with van der Waals surface area (Å²) in [5.74, 6) is -1.21. The second-order valence-corrected chi connectivity index (χ2v) is 6.74. The van der Waals surface area contributed by atoms with Crippen LogP contribution in [0.5, 0.6) is 0 Å². The predicted octanol–water partition coefficient (Wildman–Crippen LogP) is 3.93. The van der Waals surface area contributed by atoms with Crippen molar-refractivity contribution in [1.82, 2.24) is 4.98 Å². The van der Waals surface area contributed by atoms with Crippen LogP contribution in [0.4, 0.5) is 10.8 Å². The number of rotatable bonds is 3. The Morgan fingerprint density at radius 2 is 2.00 bits per heavy atom. The summed E-state index contributed by atoms with van der Waals surface area (Å²) in [4.78, 5) is 16.8. The summed E-state index contributed by atoms with van der Waals surface area (Å²) in [6.07, 6.45) is 1.49. The molecule has 21 heavy (non-hydrogen) atoms. The van der Waals surface area contributed by atoms with E-state index in [4.69, 9.17) is 0 Å². The number of aromatic nitrogens is 1. The van der Waals surface area contributed by atoms with Gasteiger partial charge in [-0.25, -0.2) is 4.98 Å². The molecule has 0 amide bonds. The van der Waals surface area contributed by atoms with E-state index >= 15 is 0 Å². The Bertz CT molecular complexity index is 698. The van der Waals surface area contributed by atoms with Gasteiger partial charge in [-0.1, -0.05) is 17.7 Å². The lowest BCUT2D eigenvalue weighted by atomic mass is 10.1. The molecule has 0 bridgehead atoms. The molecule has 110 valence electrons. The van der Waals surface area contributed by atoms with E-state index in [9.17, 15) is 9.90 Å². The van der Waals surface area contributed by atoms with Crippen LogP contribution in [0.1, 0.15) is 39.6 Å². The number of hydrogen-bond donors (Lipinski definition) is 2. The van der Waals surface area contributed by atoms with E-state index in [0.717, 1.165) is 27.8 Å². The lowest BCUT2D eigenvalue weighted by molar-refractivity contribution is -0.138. The zero-order valence-electron chi connectivity index (χ0n) is 12.4. The van der Waals surface area contributed by atoms with Gasteiger partial charge in [0.15, 0.2) is 5.13 Å². The van der Waals surface area contributed by atoms with E-state index < -0.39 is 11.9 Å². The zero-order chi connectivity index (χ0) is 15.1. The molecule has 1 heterocycles. The summed E-state index contributed by atoms with van der Waals surface area (Å²) in [7, 11) is 0. The van der Waals surface area contributed by atoms with Crippen LogP contribution >= 0.6 is 11.3 Å². The molecule has 0 saturated carbocycles. The van der Waals surface area contributed by atoms with Gasteiger partial charge in [0, 0.05) is 10.6 Å². The number of nitrogens with zero attached hydrogens (tertiary/aromatic N) is 1. The summed E-state index contributed by atoms with van der Waals surface area (Å²) >= 11 is 1.57. The van der Waals surface area contributed by atoms with Crippen molar-refractivity contribution in [2.45, 2.75) is 39.5 Å². The summed E-state index contributed by atoms with van der Waals surface area (Å²) in [6.45, 7) is 6.23. The molecule has 1 aliphatic carbocycles. The van der Waals surface area contributed by atoms with Crippen molar-refractivity contribution >= 4 is 28.1 Å². The molecule has 0 saturated heterocycles. The molecule has 5 heteroatoms. The molecule has 0 fully saturated rings. The number of hydrogen-bond acceptors (Lipinski definition) is 4. The molecule has 0 aliphatic heterocycles. The molecule has 3 rings (SSSR count). The molecule has 1 aromatic heterocycles. The fraction of sp³-hybridized carbons (Fsp3) is 0.375. The minimum atomic E-state index is -0.770. The van der Waals surface area contributed by atoms with E-state index in [-0.39, 0.29) is 0 Å². The van der Waals surface area contributed by atoms with Crippen LogP contribution < -0.4 is 5.32 Å². The molecule has 1 atom stereocenters. The highest BCUT2D eigenvalue weighted by Crippen LogP contribution is 2.39. The van der Waals surface area contributed by atoms with E-state index in [1.54, 1.807) is 11.3 Å². The lowest BCUT2D eigenvalue weighted by Gasteiger charge is -2.12. The highest BCUT2D eigenvalue weighted by Gasteiger charge is 2.32. The Kier molecular flexibility index (Phi) is 3.45. The van der Waals surface area contributed by atoms with Crippen molar-refractivity contribution < 1.29 is 9.90 Å². The lowest BCUT2D eigenvalue weighted by Crippen LogP contribution is -2.08. The number of carboxylic acid groups (broad SMARTS) is 1. The first-order valence-electron chi connectivity index (χ1n) is 7.03. The van der Waals surface area contributed by atoms with Crippen molar-refractivity contribution in [2.75, 3.05) is 5.32 Å². The van der Waals surface area contributed by atoms with Crippen LogP contribution in [0.15, 0.2) is 12.1 Å². The molecule has 2 aromatic rings. The first-order chi connectivity index (χ1) is 9.95. The van der Waals surface area contributed by atoms with Crippen LogP contribution in [0.25, 0.3) is 0 Å². The Balaban J connectivity index is 1.91. The van der Waals surface area contributed by atoms with Crippen molar-refractivity contribution in [3.05, 3.63) is 39.4 Å². The molecule has 1 aliphatic rings. The van der Waals surface area contributed by atoms with Crippen LogP contribution in [0.3, 0.4) is 0 Å². The number of carboxylic acids is 1. The van der Waals surface area contributed by atoms with Crippen LogP contribution in [0.2, 0.25) is 0 Å². The normalized spacial score (nSPS) is 16.8. The monoisotopic (exact) mass is 302 g/mol. The van der Waals surface area contributed by atoms with Crippen molar-refractivity contribution in [3.63, 3.8) is 0 Å². The van der Waals surface area contributed by atoms with Crippen molar-refractivity contribution in [1.29, 1.82) is 0 Å². The largest absolute Gasteiger partial charge is 0.481 e. The van der Waals surface area contributed by atoms with E-state index in [1.165, 1.54) is 16.7 Å². The van der Waals surface area contributed by atoms with Gasteiger partial charge in [-0.15, -0.1) is 11.3 Å². The highest BCUT2D eigenvalue weighted by molar-refractivity contribution is 7.15. The molecular weight excluding hydrogens is 284 g/mol. The number of carbonyl (C=O) groups is 1. The van der Waals surface area contributed by atoms with Crippen molar-refractivity contribution in [3.8, 4) is 0 Å². The molecule has 2 N–H and O–H groups in total. The van der Waals surface area contributed by atoms with Crippen LogP contribution in [-0.2, 0) is 11.2 Å². The summed E-state index contributed by atoms with van der Waals surface area (Å²) in [5.41, 5.74) is 5.41. The maximum absolute atomic E-state index is 11.2. The fourth-order valence-electron chi connectivity index (χ4n) is 3.01. The van der Waals surface area contributed by atoms with Gasteiger partial charge in [0.2, 0.25) is 0 Å². The molecule has 1 aromatic carbocycles. The first-order valence-corrected chi connectivity index (χ1v) is 7.84. The Morgan fingerprint density at radius 1 is 1.33 bits per heavy atom. The Morgan fingerprint density at radius 3 is 2.62 bits per heavy atom. The number of thiazole rings is 1. The molecule has 0 spiro atoms. The third-order valence-corrected chi connectivity index (χ3v) is 4.97. The summed E-state index contributed by atoms with van der Waals surface area (Å²) < 4.78 is 0. The highest BCUT2D eigenvalue weighted by atomic mass is 32.1. The third kappa shape index (κ3) is 2.53. The van der Waals surface area contributed by atoms with Gasteiger partial charge in [-0.3, -0.25) is 4.79 Å². The third-order valence-electron chi connectivity index (χ3n) is 3.92. The Hall–Kier alpha value is -1.88. The summed E-state index contributed by atoms with van der Waals surface area (Å²) in [6, 6.07) is 4.27. The van der Waals surface area contributed by atoms with Gasteiger partial charge in [0.25, 0.3) is 0 Å². The minimum absolute atomic E-state index is 0.438. The van der Waals surface area contributed by atoms with Crippen molar-refractivity contribution in [2.24, 2.45) is 0 Å². The summed E-state index contributed by atoms with van der Waals surface area (Å²) in [5, 5.41) is 13.4. The number of aliphatic carboxylic acids is 1. The number of anilines is 2. The standard InChI is InChI=1S/C16H18N2O2S/c1-8-6-9(2)13(10(3)7-8)17-16-18-14-11(15(19)20)4-5-12(14)21-16/h6-7,11H,4-5H2,1-3H3,(H,17,18)(H,19,20). The smallest absolute Gasteiger partial charge is 0.312 e. The van der Waals surface area contributed by atoms with Gasteiger partial charge in [-0.05, 0) is 44.7 Å². The molecular formula is C16H18N2O2S. The number of nitrogens with one attached hydrogen (secondary N) is 1. The SMILES string of the molecule is Cc1cc(C)c(Nc2nc3c(s2)CCC3C(=O)O)c(C)c1. The van der Waals surface area contributed by atoms with E-state index in [1.807, 2.05) is 0 Å². The Labute approximate surface area is 127 Å². The van der Waals surface area contributed by atoms with Crippen LogP contribution in [-0.4, -0.2) is 16.1 Å². The average Bonchev–Trinajstić information content (AvgIpc) is 2.92. The minimum Gasteiger partial charge on any atom is -0.481 e. The van der Waals surface area contributed by atoms with E-state index in [0.29, 0.717) is 6.42 Å². The number of aryl methyl sites for hydroxylation is 4. The number of benzene rings is 1. The van der Waals surface area contributed by atoms with Gasteiger partial charge in [0.05, 0.1) is 5.69 Å². The maximum atomic E-state index is 11.2. The predicted molar refractivity (Wildman–Crippen MR) is 84.7 cm³/mol. The maximum Gasteiger partial charge on any atom is 0.312 e. The number of fused-ring (bicyclic) bond motifs is 1. The van der Waals surface area contributed by atoms with Gasteiger partial charge < -0.3 is 10.4 Å². The second kappa shape index (κ2) is 5.15. The van der Waals surface area contributed by atoms with Gasteiger partial charge in [0.1, 0.15) is 5.92 Å². The molecule has 4 nitrogen and oxygen atoms in total. The fourth-order valence-corrected chi connectivity index (χ4v) is 4.05. The molecule has 1 unspecified atom stereocenters. The second-order valence-electron chi connectivity index (χ2n) is 5.66. The van der Waals surface area contributed by atoms with E-state index in [2.05, 4.69) is 43.2 Å². The van der Waals surface area contributed by atoms with Gasteiger partial charge in [-0.2, -0.15) is 0 Å².